The van der Waals surface area contributed by atoms with Crippen molar-refractivity contribution in [3.05, 3.63) is 36.4 Å². The third-order valence-corrected chi connectivity index (χ3v) is 6.16. The molecule has 2 fully saturated rings. The standard InChI is InChI=1S/C24H31N5/c1-24(2,3)29-20(18-11-5-4-6-12-18)17-19-21(27-13-7-8-14-27)25-23(26-22(19)29)28-15-9-10-16-28/h4-6,11-12,17H,7-10,13-16H2,1-3H3. The Hall–Kier alpha value is -2.56. The van der Waals surface area contributed by atoms with Gasteiger partial charge in [0.25, 0.3) is 0 Å². The number of aromatic nitrogens is 3. The number of nitrogens with zero attached hydrogens (tertiary/aromatic N) is 5. The van der Waals surface area contributed by atoms with Gasteiger partial charge in [0.1, 0.15) is 11.5 Å². The topological polar surface area (TPSA) is 37.2 Å². The predicted molar refractivity (Wildman–Crippen MR) is 121 cm³/mol. The van der Waals surface area contributed by atoms with Crippen LogP contribution in [0.2, 0.25) is 0 Å². The van der Waals surface area contributed by atoms with Gasteiger partial charge < -0.3 is 14.4 Å². The summed E-state index contributed by atoms with van der Waals surface area (Å²) in [6.45, 7) is 11.1. The van der Waals surface area contributed by atoms with E-state index in [0.717, 1.165) is 43.6 Å². The van der Waals surface area contributed by atoms with E-state index in [1.807, 2.05) is 0 Å². The molecule has 2 aromatic heterocycles. The summed E-state index contributed by atoms with van der Waals surface area (Å²) >= 11 is 0. The molecule has 0 atom stereocenters. The first-order valence-corrected chi connectivity index (χ1v) is 11.0. The molecule has 152 valence electrons. The van der Waals surface area contributed by atoms with Crippen molar-refractivity contribution in [2.75, 3.05) is 36.0 Å². The van der Waals surface area contributed by atoms with E-state index in [-0.39, 0.29) is 5.54 Å². The molecule has 4 heterocycles. The molecule has 0 aliphatic carbocycles. The summed E-state index contributed by atoms with van der Waals surface area (Å²) in [6, 6.07) is 13.0. The number of anilines is 2. The number of fused-ring (bicyclic) bond motifs is 1. The van der Waals surface area contributed by atoms with E-state index in [9.17, 15) is 0 Å². The molecule has 5 nitrogen and oxygen atoms in total. The Balaban J connectivity index is 1.79. The maximum Gasteiger partial charge on any atom is 0.229 e. The van der Waals surface area contributed by atoms with E-state index < -0.39 is 0 Å². The van der Waals surface area contributed by atoms with Crippen molar-refractivity contribution in [3.8, 4) is 11.3 Å². The van der Waals surface area contributed by atoms with Crippen molar-refractivity contribution in [2.24, 2.45) is 0 Å². The predicted octanol–water partition coefficient (Wildman–Crippen LogP) is 5.05. The van der Waals surface area contributed by atoms with E-state index in [0.29, 0.717) is 0 Å². The average Bonchev–Trinajstić information content (AvgIpc) is 3.47. The Bertz CT molecular complexity index is 1000. The molecule has 0 amide bonds. The van der Waals surface area contributed by atoms with Crippen LogP contribution in [0.15, 0.2) is 36.4 Å². The second-order valence-electron chi connectivity index (χ2n) is 9.37. The fourth-order valence-electron chi connectivity index (χ4n) is 4.78. The molecule has 0 radical (unpaired) electrons. The first kappa shape index (κ1) is 18.5. The molecule has 0 spiro atoms. The molecule has 0 unspecified atom stereocenters. The molecule has 0 saturated carbocycles. The van der Waals surface area contributed by atoms with Crippen LogP contribution in [-0.2, 0) is 5.54 Å². The second-order valence-corrected chi connectivity index (χ2v) is 9.37. The second kappa shape index (κ2) is 7.05. The Morgan fingerprint density at radius 2 is 1.41 bits per heavy atom. The Morgan fingerprint density at radius 1 is 0.793 bits per heavy atom. The average molecular weight is 390 g/mol. The van der Waals surface area contributed by atoms with E-state index in [1.54, 1.807) is 0 Å². The lowest BCUT2D eigenvalue weighted by Gasteiger charge is -2.27. The van der Waals surface area contributed by atoms with Crippen LogP contribution in [0.1, 0.15) is 46.5 Å². The number of hydrogen-bond acceptors (Lipinski definition) is 4. The third-order valence-electron chi connectivity index (χ3n) is 6.16. The number of benzene rings is 1. The lowest BCUT2D eigenvalue weighted by Crippen LogP contribution is -2.26. The summed E-state index contributed by atoms with van der Waals surface area (Å²) in [5, 5.41) is 1.18. The Morgan fingerprint density at radius 3 is 2.03 bits per heavy atom. The van der Waals surface area contributed by atoms with E-state index in [4.69, 9.17) is 9.97 Å². The van der Waals surface area contributed by atoms with Gasteiger partial charge in [-0.3, -0.25) is 0 Å². The summed E-state index contributed by atoms with van der Waals surface area (Å²) in [7, 11) is 0. The fraction of sp³-hybridized carbons (Fsp3) is 0.500. The van der Waals surface area contributed by atoms with Crippen molar-refractivity contribution in [1.82, 2.24) is 14.5 Å². The van der Waals surface area contributed by atoms with Gasteiger partial charge in [-0.05, 0) is 58.1 Å². The molecular formula is C24H31N5. The van der Waals surface area contributed by atoms with Crippen LogP contribution in [0.3, 0.4) is 0 Å². The van der Waals surface area contributed by atoms with Crippen LogP contribution < -0.4 is 9.80 Å². The van der Waals surface area contributed by atoms with Gasteiger partial charge in [-0.1, -0.05) is 30.3 Å². The monoisotopic (exact) mass is 389 g/mol. The zero-order valence-corrected chi connectivity index (χ0v) is 17.9. The first-order chi connectivity index (χ1) is 14.0. The van der Waals surface area contributed by atoms with Crippen LogP contribution in [0.5, 0.6) is 0 Å². The summed E-state index contributed by atoms with van der Waals surface area (Å²) in [4.78, 5) is 15.1. The maximum atomic E-state index is 5.15. The van der Waals surface area contributed by atoms with Crippen molar-refractivity contribution in [2.45, 2.75) is 52.0 Å². The smallest absolute Gasteiger partial charge is 0.229 e. The summed E-state index contributed by atoms with van der Waals surface area (Å²) in [6.07, 6.45) is 4.96. The van der Waals surface area contributed by atoms with Gasteiger partial charge >= 0.3 is 0 Å². The first-order valence-electron chi connectivity index (χ1n) is 11.0. The minimum absolute atomic E-state index is 0.0775. The zero-order valence-electron chi connectivity index (χ0n) is 17.9. The molecule has 1 aromatic carbocycles. The lowest BCUT2D eigenvalue weighted by atomic mass is 10.1. The third kappa shape index (κ3) is 3.26. The number of hydrogen-bond donors (Lipinski definition) is 0. The highest BCUT2D eigenvalue weighted by Gasteiger charge is 2.28. The maximum absolute atomic E-state index is 5.15. The van der Waals surface area contributed by atoms with Crippen molar-refractivity contribution < 1.29 is 0 Å². The summed E-state index contributed by atoms with van der Waals surface area (Å²) < 4.78 is 2.42. The molecule has 3 aromatic rings. The highest BCUT2D eigenvalue weighted by atomic mass is 15.3. The normalized spacial score (nSPS) is 17.6. The van der Waals surface area contributed by atoms with Crippen LogP contribution >= 0.6 is 0 Å². The van der Waals surface area contributed by atoms with E-state index in [1.165, 1.54) is 42.3 Å². The quantitative estimate of drug-likeness (QED) is 0.628. The van der Waals surface area contributed by atoms with Gasteiger partial charge in [0, 0.05) is 31.7 Å². The Labute approximate surface area is 173 Å². The highest BCUT2D eigenvalue weighted by Crippen LogP contribution is 2.38. The molecule has 2 saturated heterocycles. The summed E-state index contributed by atoms with van der Waals surface area (Å²) in [5.74, 6) is 2.02. The lowest BCUT2D eigenvalue weighted by molar-refractivity contribution is 0.412. The molecule has 5 heteroatoms. The van der Waals surface area contributed by atoms with Gasteiger partial charge in [-0.25, -0.2) is 0 Å². The SMILES string of the molecule is CC(C)(C)n1c(-c2ccccc2)cc2c(N3CCCC3)nc(N3CCCC3)nc21. The Kier molecular flexibility index (Phi) is 4.49. The molecular weight excluding hydrogens is 358 g/mol. The molecule has 0 bridgehead atoms. The minimum atomic E-state index is -0.0775. The molecule has 5 rings (SSSR count). The van der Waals surface area contributed by atoms with Gasteiger partial charge in [-0.15, -0.1) is 0 Å². The van der Waals surface area contributed by atoms with Gasteiger partial charge in [0.05, 0.1) is 11.1 Å². The van der Waals surface area contributed by atoms with Crippen LogP contribution in [-0.4, -0.2) is 40.7 Å². The van der Waals surface area contributed by atoms with Gasteiger partial charge in [0.15, 0.2) is 0 Å². The zero-order chi connectivity index (χ0) is 20.0. The largest absolute Gasteiger partial charge is 0.356 e. The molecule has 29 heavy (non-hydrogen) atoms. The molecule has 0 N–H and O–H groups in total. The van der Waals surface area contributed by atoms with Crippen LogP contribution in [0.4, 0.5) is 11.8 Å². The van der Waals surface area contributed by atoms with Gasteiger partial charge in [-0.2, -0.15) is 9.97 Å². The molecule has 2 aliphatic rings. The van der Waals surface area contributed by atoms with E-state index >= 15 is 0 Å². The fourth-order valence-corrected chi connectivity index (χ4v) is 4.78. The van der Waals surface area contributed by atoms with Crippen molar-refractivity contribution in [1.29, 1.82) is 0 Å². The highest BCUT2D eigenvalue weighted by molar-refractivity contribution is 5.94. The number of rotatable bonds is 3. The van der Waals surface area contributed by atoms with Crippen molar-refractivity contribution >= 4 is 22.8 Å². The van der Waals surface area contributed by atoms with Crippen molar-refractivity contribution in [3.63, 3.8) is 0 Å². The van der Waals surface area contributed by atoms with Gasteiger partial charge in [0.2, 0.25) is 5.95 Å². The van der Waals surface area contributed by atoms with E-state index in [2.05, 4.69) is 71.5 Å². The van der Waals surface area contributed by atoms with Crippen LogP contribution in [0.25, 0.3) is 22.3 Å². The summed E-state index contributed by atoms with van der Waals surface area (Å²) in [5.41, 5.74) is 3.44. The minimum Gasteiger partial charge on any atom is -0.356 e. The van der Waals surface area contributed by atoms with Crippen LogP contribution in [0, 0.1) is 0 Å². The molecule has 2 aliphatic heterocycles.